The molecule has 1 saturated heterocycles. The monoisotopic (exact) mass is 286 g/mol. The van der Waals surface area contributed by atoms with E-state index >= 15 is 0 Å². The van der Waals surface area contributed by atoms with E-state index in [1.165, 1.54) is 0 Å². The molecule has 0 aromatic carbocycles. The highest BCUT2D eigenvalue weighted by atomic mass is 16.4. The summed E-state index contributed by atoms with van der Waals surface area (Å²) in [5.74, 6) is -0.875. The van der Waals surface area contributed by atoms with Gasteiger partial charge in [0, 0.05) is 19.1 Å². The van der Waals surface area contributed by atoms with Crippen LogP contribution < -0.4 is 0 Å². The van der Waals surface area contributed by atoms with Gasteiger partial charge >= 0.3 is 12.0 Å². The van der Waals surface area contributed by atoms with Gasteiger partial charge in [-0.05, 0) is 40.0 Å². The molecular formula is C14H26N2O4. The Hall–Kier alpha value is -1.30. The van der Waals surface area contributed by atoms with Crippen LogP contribution in [0.1, 0.15) is 46.5 Å². The molecule has 0 aromatic rings. The third kappa shape index (κ3) is 5.00. The highest BCUT2D eigenvalue weighted by Crippen LogP contribution is 2.22. The standard InChI is InChI=1S/C14H26N2O4/c1-4-15(10-14(2,3)20)13(19)16-8-6-5-7-11(16)9-12(17)18/h11,20H,4-10H2,1-3H3,(H,17,18). The molecule has 20 heavy (non-hydrogen) atoms. The van der Waals surface area contributed by atoms with Crippen LogP contribution >= 0.6 is 0 Å². The minimum atomic E-state index is -0.955. The summed E-state index contributed by atoms with van der Waals surface area (Å²) in [7, 11) is 0. The summed E-state index contributed by atoms with van der Waals surface area (Å²) in [6, 6.07) is -0.398. The Kier molecular flexibility index (Phi) is 5.80. The number of rotatable bonds is 5. The molecular weight excluding hydrogens is 260 g/mol. The molecule has 1 aliphatic heterocycles. The van der Waals surface area contributed by atoms with Crippen molar-refractivity contribution in [1.29, 1.82) is 0 Å². The van der Waals surface area contributed by atoms with Crippen molar-refractivity contribution in [1.82, 2.24) is 9.80 Å². The number of amides is 2. The summed E-state index contributed by atoms with van der Waals surface area (Å²) in [4.78, 5) is 26.7. The van der Waals surface area contributed by atoms with Gasteiger partial charge in [-0.3, -0.25) is 4.79 Å². The first-order chi connectivity index (χ1) is 9.24. The van der Waals surface area contributed by atoms with E-state index in [1.807, 2.05) is 6.92 Å². The molecule has 0 radical (unpaired) electrons. The average molecular weight is 286 g/mol. The van der Waals surface area contributed by atoms with E-state index in [4.69, 9.17) is 5.11 Å². The molecule has 0 aliphatic carbocycles. The quantitative estimate of drug-likeness (QED) is 0.803. The Labute approximate surface area is 120 Å². The first kappa shape index (κ1) is 16.8. The maximum Gasteiger partial charge on any atom is 0.320 e. The smallest absolute Gasteiger partial charge is 0.320 e. The van der Waals surface area contributed by atoms with Crippen LogP contribution in [-0.4, -0.2) is 63.3 Å². The zero-order chi connectivity index (χ0) is 15.3. The highest BCUT2D eigenvalue weighted by molar-refractivity contribution is 5.76. The van der Waals surface area contributed by atoms with Crippen molar-refractivity contribution in [2.45, 2.75) is 58.1 Å². The fourth-order valence-corrected chi connectivity index (χ4v) is 2.63. The number of carboxylic acids is 1. The summed E-state index contributed by atoms with van der Waals surface area (Å²) in [5, 5.41) is 18.8. The highest BCUT2D eigenvalue weighted by Gasteiger charge is 2.32. The van der Waals surface area contributed by atoms with Crippen LogP contribution in [0.3, 0.4) is 0 Å². The van der Waals surface area contributed by atoms with Crippen molar-refractivity contribution >= 4 is 12.0 Å². The van der Waals surface area contributed by atoms with E-state index in [-0.39, 0.29) is 25.0 Å². The topological polar surface area (TPSA) is 81.1 Å². The lowest BCUT2D eigenvalue weighted by molar-refractivity contribution is -0.138. The molecule has 2 N–H and O–H groups in total. The number of aliphatic hydroxyl groups is 1. The van der Waals surface area contributed by atoms with Gasteiger partial charge in [-0.2, -0.15) is 0 Å². The molecule has 6 heteroatoms. The number of likely N-dealkylation sites (tertiary alicyclic amines) is 1. The summed E-state index contributed by atoms with van der Waals surface area (Å²) in [6.07, 6.45) is 2.59. The SMILES string of the molecule is CCN(CC(C)(C)O)C(=O)N1CCCCC1CC(=O)O. The molecule has 6 nitrogen and oxygen atoms in total. The van der Waals surface area contributed by atoms with E-state index in [0.29, 0.717) is 13.1 Å². The summed E-state index contributed by atoms with van der Waals surface area (Å²) < 4.78 is 0. The van der Waals surface area contributed by atoms with E-state index in [2.05, 4.69) is 0 Å². The van der Waals surface area contributed by atoms with Crippen LogP contribution in [0.15, 0.2) is 0 Å². The predicted octanol–water partition coefficient (Wildman–Crippen LogP) is 1.53. The molecule has 1 rings (SSSR count). The Morgan fingerprint density at radius 1 is 1.35 bits per heavy atom. The number of piperidine rings is 1. The molecule has 1 unspecified atom stereocenters. The second-order valence-electron chi connectivity index (χ2n) is 6.05. The fraction of sp³-hybridized carbons (Fsp3) is 0.857. The maximum atomic E-state index is 12.5. The zero-order valence-electron chi connectivity index (χ0n) is 12.6. The second kappa shape index (κ2) is 6.92. The van der Waals surface area contributed by atoms with E-state index in [1.54, 1.807) is 23.6 Å². The largest absolute Gasteiger partial charge is 0.481 e. The van der Waals surface area contributed by atoms with E-state index in [9.17, 15) is 14.7 Å². The van der Waals surface area contributed by atoms with Crippen LogP contribution in [0.5, 0.6) is 0 Å². The lowest BCUT2D eigenvalue weighted by Crippen LogP contribution is -2.53. The molecule has 0 bridgehead atoms. The van der Waals surface area contributed by atoms with E-state index in [0.717, 1.165) is 19.3 Å². The minimum Gasteiger partial charge on any atom is -0.481 e. The maximum absolute atomic E-state index is 12.5. The van der Waals surface area contributed by atoms with Crippen LogP contribution in [0.25, 0.3) is 0 Å². The third-order valence-electron chi connectivity index (χ3n) is 3.51. The van der Waals surface area contributed by atoms with Crippen LogP contribution in [0.2, 0.25) is 0 Å². The molecule has 2 amide bonds. The number of aliphatic carboxylic acids is 1. The summed E-state index contributed by atoms with van der Waals surface area (Å²) in [6.45, 7) is 6.53. The van der Waals surface area contributed by atoms with Crippen LogP contribution in [-0.2, 0) is 4.79 Å². The predicted molar refractivity (Wildman–Crippen MR) is 75.5 cm³/mol. The van der Waals surface area contributed by atoms with Gasteiger partial charge in [0.05, 0.1) is 18.6 Å². The third-order valence-corrected chi connectivity index (χ3v) is 3.51. The zero-order valence-corrected chi connectivity index (χ0v) is 12.6. The van der Waals surface area contributed by atoms with Crippen LogP contribution in [0, 0.1) is 0 Å². The van der Waals surface area contributed by atoms with Gasteiger partial charge in [0.15, 0.2) is 0 Å². The van der Waals surface area contributed by atoms with E-state index < -0.39 is 11.6 Å². The summed E-state index contributed by atoms with van der Waals surface area (Å²) in [5.41, 5.74) is -0.955. The van der Waals surface area contributed by atoms with Gasteiger partial charge in [-0.25, -0.2) is 4.79 Å². The van der Waals surface area contributed by atoms with Gasteiger partial charge < -0.3 is 20.0 Å². The molecule has 0 saturated carbocycles. The van der Waals surface area contributed by atoms with Crippen molar-refractivity contribution in [3.8, 4) is 0 Å². The minimum absolute atomic E-state index is 0.00812. The number of carbonyl (C=O) groups is 2. The molecule has 116 valence electrons. The lowest BCUT2D eigenvalue weighted by Gasteiger charge is -2.39. The number of hydrogen-bond acceptors (Lipinski definition) is 3. The van der Waals surface area contributed by atoms with Gasteiger partial charge in [-0.15, -0.1) is 0 Å². The Balaban J connectivity index is 2.76. The molecule has 1 aliphatic rings. The Morgan fingerprint density at radius 3 is 2.50 bits per heavy atom. The van der Waals surface area contributed by atoms with Gasteiger partial charge in [0.2, 0.25) is 0 Å². The normalized spacial score (nSPS) is 19.8. The van der Waals surface area contributed by atoms with Crippen molar-refractivity contribution in [2.75, 3.05) is 19.6 Å². The number of nitrogens with zero attached hydrogens (tertiary/aromatic N) is 2. The molecule has 0 aromatic heterocycles. The molecule has 1 fully saturated rings. The number of carbonyl (C=O) groups excluding carboxylic acids is 1. The van der Waals surface area contributed by atoms with Gasteiger partial charge in [0.1, 0.15) is 0 Å². The summed E-state index contributed by atoms with van der Waals surface area (Å²) >= 11 is 0. The number of urea groups is 1. The molecule has 0 spiro atoms. The number of carboxylic acid groups (broad SMARTS) is 1. The van der Waals surface area contributed by atoms with Crippen molar-refractivity contribution in [3.05, 3.63) is 0 Å². The van der Waals surface area contributed by atoms with Gasteiger partial charge in [-0.1, -0.05) is 0 Å². The lowest BCUT2D eigenvalue weighted by atomic mass is 9.99. The number of likely N-dealkylation sites (N-methyl/N-ethyl adjacent to an activating group) is 1. The average Bonchev–Trinajstić information content (AvgIpc) is 2.34. The second-order valence-corrected chi connectivity index (χ2v) is 6.05. The van der Waals surface area contributed by atoms with Crippen molar-refractivity contribution in [2.24, 2.45) is 0 Å². The number of hydrogen-bond donors (Lipinski definition) is 2. The molecule has 1 atom stereocenters. The first-order valence-corrected chi connectivity index (χ1v) is 7.24. The Bertz CT molecular complexity index is 352. The van der Waals surface area contributed by atoms with Crippen molar-refractivity contribution in [3.63, 3.8) is 0 Å². The first-order valence-electron chi connectivity index (χ1n) is 7.24. The molecule has 1 heterocycles. The fourth-order valence-electron chi connectivity index (χ4n) is 2.63. The van der Waals surface area contributed by atoms with Crippen molar-refractivity contribution < 1.29 is 19.8 Å². The van der Waals surface area contributed by atoms with Crippen LogP contribution in [0.4, 0.5) is 4.79 Å². The Morgan fingerprint density at radius 2 is 2.00 bits per heavy atom. The van der Waals surface area contributed by atoms with Gasteiger partial charge in [0.25, 0.3) is 0 Å².